The number of amides is 1. The third-order valence-electron chi connectivity index (χ3n) is 3.32. The molecule has 1 amide bonds. The molecule has 0 aliphatic heterocycles. The lowest BCUT2D eigenvalue weighted by atomic mass is 10.2. The van der Waals surface area contributed by atoms with E-state index >= 15 is 0 Å². The quantitative estimate of drug-likeness (QED) is 0.833. The van der Waals surface area contributed by atoms with Crippen LogP contribution in [0.1, 0.15) is 41.2 Å². The predicted octanol–water partition coefficient (Wildman–Crippen LogP) is 1.92. The second kappa shape index (κ2) is 5.29. The van der Waals surface area contributed by atoms with Crippen molar-refractivity contribution in [1.82, 2.24) is 20.3 Å². The summed E-state index contributed by atoms with van der Waals surface area (Å²) in [5.74, 6) is 0.379. The van der Waals surface area contributed by atoms with Gasteiger partial charge in [-0.05, 0) is 12.8 Å². The van der Waals surface area contributed by atoms with Crippen LogP contribution in [0.4, 0.5) is 0 Å². The summed E-state index contributed by atoms with van der Waals surface area (Å²) < 4.78 is 0. The largest absolute Gasteiger partial charge is 0.351 e. The van der Waals surface area contributed by atoms with Crippen molar-refractivity contribution in [1.29, 1.82) is 0 Å². The Morgan fingerprint density at radius 3 is 3.20 bits per heavy atom. The highest BCUT2D eigenvalue weighted by atomic mass is 16.1. The number of carbonyl (C=O) groups excluding carboxylic acids is 1. The SMILES string of the molecule is C[N+]#CCCNC(=O)c1c[nH]c2ncc(C3CC3)nc12. The maximum atomic E-state index is 12.1. The minimum atomic E-state index is -0.142. The van der Waals surface area contributed by atoms with E-state index in [0.29, 0.717) is 35.6 Å². The number of nitrogens with one attached hydrogen (secondary N) is 2. The molecule has 0 unspecified atom stereocenters. The van der Waals surface area contributed by atoms with E-state index in [2.05, 4.69) is 31.2 Å². The smallest absolute Gasteiger partial charge is 0.274 e. The Bertz CT molecular complexity index is 705. The van der Waals surface area contributed by atoms with Crippen molar-refractivity contribution in [3.05, 3.63) is 28.5 Å². The Balaban J connectivity index is 1.80. The molecule has 3 rings (SSSR count). The van der Waals surface area contributed by atoms with E-state index in [0.717, 1.165) is 5.69 Å². The molecule has 2 aromatic rings. The Morgan fingerprint density at radius 2 is 2.45 bits per heavy atom. The van der Waals surface area contributed by atoms with Crippen molar-refractivity contribution >= 4 is 17.1 Å². The number of hydrogen-bond acceptors (Lipinski definition) is 3. The third kappa shape index (κ3) is 2.48. The lowest BCUT2D eigenvalue weighted by Gasteiger charge is -2.01. The summed E-state index contributed by atoms with van der Waals surface area (Å²) in [6.45, 7) is 0.512. The van der Waals surface area contributed by atoms with Crippen LogP contribution in [-0.2, 0) is 0 Å². The van der Waals surface area contributed by atoms with E-state index in [9.17, 15) is 4.79 Å². The molecule has 1 fully saturated rings. The fourth-order valence-corrected chi connectivity index (χ4v) is 2.09. The van der Waals surface area contributed by atoms with Crippen LogP contribution in [0.15, 0.2) is 12.4 Å². The second-order valence-electron chi connectivity index (χ2n) is 4.86. The normalized spacial score (nSPS) is 13.8. The van der Waals surface area contributed by atoms with Crippen LogP contribution in [0.3, 0.4) is 0 Å². The summed E-state index contributed by atoms with van der Waals surface area (Å²) in [5.41, 5.74) is 2.84. The third-order valence-corrected chi connectivity index (χ3v) is 3.32. The number of rotatable bonds is 4. The lowest BCUT2D eigenvalue weighted by molar-refractivity contribution is 0.0956. The molecule has 20 heavy (non-hydrogen) atoms. The van der Waals surface area contributed by atoms with Gasteiger partial charge in [0.25, 0.3) is 19.0 Å². The molecule has 0 atom stereocenters. The van der Waals surface area contributed by atoms with Crippen molar-refractivity contribution in [2.24, 2.45) is 0 Å². The molecule has 102 valence electrons. The fourth-order valence-electron chi connectivity index (χ4n) is 2.09. The van der Waals surface area contributed by atoms with Gasteiger partial charge in [-0.2, -0.15) is 0 Å². The summed E-state index contributed by atoms with van der Waals surface area (Å²) in [7, 11) is 1.66. The number of H-pyrrole nitrogens is 1. The molecule has 0 spiro atoms. The van der Waals surface area contributed by atoms with Gasteiger partial charge in [0.1, 0.15) is 5.52 Å². The first-order valence-electron chi connectivity index (χ1n) is 6.73. The minimum Gasteiger partial charge on any atom is -0.351 e. The highest BCUT2D eigenvalue weighted by molar-refractivity contribution is 6.04. The number of nitrogens with zero attached hydrogens (tertiary/aromatic N) is 3. The first-order chi connectivity index (χ1) is 9.79. The van der Waals surface area contributed by atoms with Crippen molar-refractivity contribution in [3.63, 3.8) is 0 Å². The van der Waals surface area contributed by atoms with Gasteiger partial charge in [-0.3, -0.25) is 4.79 Å². The summed E-state index contributed by atoms with van der Waals surface area (Å²) >= 11 is 0. The molecule has 1 aliphatic carbocycles. The molecular formula is C14H16N5O+. The summed E-state index contributed by atoms with van der Waals surface area (Å²) in [4.78, 5) is 27.8. The van der Waals surface area contributed by atoms with Crippen LogP contribution in [0.2, 0.25) is 0 Å². The maximum Gasteiger partial charge on any atom is 0.274 e. The van der Waals surface area contributed by atoms with E-state index in [-0.39, 0.29) is 5.91 Å². The highest BCUT2D eigenvalue weighted by Crippen LogP contribution is 2.39. The molecule has 2 heterocycles. The Labute approximate surface area is 116 Å². The van der Waals surface area contributed by atoms with Crippen molar-refractivity contribution in [2.45, 2.75) is 25.2 Å². The molecule has 0 aromatic carbocycles. The van der Waals surface area contributed by atoms with Gasteiger partial charge in [0.15, 0.2) is 5.65 Å². The molecule has 2 aromatic heterocycles. The van der Waals surface area contributed by atoms with Gasteiger partial charge in [-0.15, -0.1) is 0 Å². The number of aromatic nitrogens is 3. The molecule has 1 aliphatic rings. The van der Waals surface area contributed by atoms with Gasteiger partial charge >= 0.3 is 0 Å². The molecular weight excluding hydrogens is 254 g/mol. The second-order valence-corrected chi connectivity index (χ2v) is 4.86. The fraction of sp³-hybridized carbons (Fsp3) is 0.429. The van der Waals surface area contributed by atoms with Gasteiger partial charge in [0, 0.05) is 18.7 Å². The zero-order valence-corrected chi connectivity index (χ0v) is 11.3. The van der Waals surface area contributed by atoms with Crippen molar-refractivity contribution < 1.29 is 4.79 Å². The highest BCUT2D eigenvalue weighted by Gasteiger charge is 2.26. The first kappa shape index (κ1) is 12.6. The molecule has 6 nitrogen and oxygen atoms in total. The first-order valence-corrected chi connectivity index (χ1v) is 6.73. The number of carbonyl (C=O) groups is 1. The van der Waals surface area contributed by atoms with Crippen LogP contribution in [-0.4, -0.2) is 34.5 Å². The average molecular weight is 270 g/mol. The summed E-state index contributed by atoms with van der Waals surface area (Å²) in [6, 6.07) is 2.79. The van der Waals surface area contributed by atoms with E-state index in [4.69, 9.17) is 0 Å². The van der Waals surface area contributed by atoms with E-state index in [1.54, 1.807) is 19.4 Å². The molecule has 1 saturated carbocycles. The van der Waals surface area contributed by atoms with E-state index in [1.165, 1.54) is 12.8 Å². The summed E-state index contributed by atoms with van der Waals surface area (Å²) in [6.07, 6.45) is 6.39. The number of hydrogen-bond donors (Lipinski definition) is 2. The van der Waals surface area contributed by atoms with Crippen molar-refractivity contribution in [2.75, 3.05) is 13.6 Å². The number of fused-ring (bicyclic) bond motifs is 1. The Morgan fingerprint density at radius 1 is 1.60 bits per heavy atom. The van der Waals surface area contributed by atoms with E-state index in [1.807, 2.05) is 0 Å². The zero-order valence-electron chi connectivity index (χ0n) is 11.3. The molecule has 0 bridgehead atoms. The van der Waals surface area contributed by atoms with Gasteiger partial charge in [0.2, 0.25) is 0 Å². The maximum absolute atomic E-state index is 12.1. The Hall–Kier alpha value is -2.42. The monoisotopic (exact) mass is 270 g/mol. The van der Waals surface area contributed by atoms with Crippen LogP contribution >= 0.6 is 0 Å². The molecule has 6 heteroatoms. The van der Waals surface area contributed by atoms with Gasteiger partial charge in [-0.1, -0.05) is 4.85 Å². The Kier molecular flexibility index (Phi) is 3.33. The minimum absolute atomic E-state index is 0.142. The molecule has 2 N–H and O–H groups in total. The number of aromatic amines is 1. The van der Waals surface area contributed by atoms with E-state index < -0.39 is 0 Å². The topological polar surface area (TPSA) is 75.0 Å². The average Bonchev–Trinajstić information content (AvgIpc) is 3.23. The van der Waals surface area contributed by atoms with Gasteiger partial charge in [-0.25, -0.2) is 9.97 Å². The van der Waals surface area contributed by atoms with Gasteiger partial charge in [0.05, 0.1) is 23.9 Å². The summed E-state index contributed by atoms with van der Waals surface area (Å²) in [5, 5.41) is 2.83. The van der Waals surface area contributed by atoms with Crippen LogP contribution in [0.5, 0.6) is 0 Å². The van der Waals surface area contributed by atoms with Crippen molar-refractivity contribution in [3.8, 4) is 6.07 Å². The van der Waals surface area contributed by atoms with Crippen LogP contribution in [0.25, 0.3) is 16.0 Å². The predicted molar refractivity (Wildman–Crippen MR) is 76.0 cm³/mol. The van der Waals surface area contributed by atoms with Gasteiger partial charge < -0.3 is 10.3 Å². The zero-order chi connectivity index (χ0) is 13.9. The van der Waals surface area contributed by atoms with Crippen LogP contribution in [0, 0.1) is 6.07 Å². The molecule has 0 saturated heterocycles. The standard InChI is InChI=1S/C14H15N5O/c1-15-5-2-6-16-14(20)10-7-17-13-12(10)19-11(8-18-13)9-3-4-9/h7-9H,2-4,6H2,1H3,(H-,16,17,18,19,20)/p+1. The molecule has 0 radical (unpaired) electrons. The lowest BCUT2D eigenvalue weighted by Crippen LogP contribution is -2.24. The van der Waals surface area contributed by atoms with Crippen LogP contribution < -0.4 is 5.32 Å².